The minimum Gasteiger partial charge on any atom is -0.480 e. The molecule has 0 saturated carbocycles. The van der Waals surface area contributed by atoms with Crippen LogP contribution in [-0.4, -0.2) is 85.6 Å². The number of hydrogen-bond donors (Lipinski definition) is 1. The van der Waals surface area contributed by atoms with E-state index in [-0.39, 0.29) is 19.1 Å². The van der Waals surface area contributed by atoms with Crippen molar-refractivity contribution in [2.24, 2.45) is 0 Å². The van der Waals surface area contributed by atoms with E-state index >= 15 is 0 Å². The molecule has 26 heavy (non-hydrogen) atoms. The van der Waals surface area contributed by atoms with E-state index in [0.717, 1.165) is 6.26 Å². The van der Waals surface area contributed by atoms with Crippen LogP contribution in [0.4, 0.5) is 5.82 Å². The van der Waals surface area contributed by atoms with Gasteiger partial charge < -0.3 is 14.9 Å². The van der Waals surface area contributed by atoms with Crippen molar-refractivity contribution in [1.29, 1.82) is 0 Å². The Kier molecular flexibility index (Phi) is 6.19. The first-order valence-electron chi connectivity index (χ1n) is 8.21. The zero-order valence-electron chi connectivity index (χ0n) is 15.1. The first kappa shape index (κ1) is 20.1. The fraction of sp³-hybridized carbons (Fsp3) is 0.562. The smallest absolute Gasteiger partial charge is 0.323 e. The molecule has 0 aliphatic carbocycles. The van der Waals surface area contributed by atoms with Gasteiger partial charge in [-0.05, 0) is 25.0 Å². The van der Waals surface area contributed by atoms with Gasteiger partial charge >= 0.3 is 5.97 Å². The summed E-state index contributed by atoms with van der Waals surface area (Å²) in [6.45, 7) is 0.104. The van der Waals surface area contributed by atoms with Crippen molar-refractivity contribution in [3.05, 3.63) is 23.9 Å². The van der Waals surface area contributed by atoms with Crippen LogP contribution in [0.15, 0.2) is 18.3 Å². The molecule has 1 aromatic heterocycles. The number of aromatic nitrogens is 1. The van der Waals surface area contributed by atoms with Crippen molar-refractivity contribution >= 4 is 27.7 Å². The summed E-state index contributed by atoms with van der Waals surface area (Å²) in [6, 6.07) is 2.98. The van der Waals surface area contributed by atoms with E-state index < -0.39 is 28.4 Å². The number of nitrogens with zero attached hydrogens (tertiary/aromatic N) is 4. The van der Waals surface area contributed by atoms with Crippen LogP contribution >= 0.6 is 0 Å². The van der Waals surface area contributed by atoms with Gasteiger partial charge in [-0.15, -0.1) is 0 Å². The Balaban J connectivity index is 2.16. The number of carboxylic acid groups (broad SMARTS) is 1. The van der Waals surface area contributed by atoms with Gasteiger partial charge in [-0.2, -0.15) is 0 Å². The Labute approximate surface area is 153 Å². The number of pyridine rings is 1. The predicted molar refractivity (Wildman–Crippen MR) is 96.7 cm³/mol. The molecular weight excluding hydrogens is 360 g/mol. The van der Waals surface area contributed by atoms with Gasteiger partial charge in [0, 0.05) is 39.4 Å². The maximum atomic E-state index is 12.8. The number of carboxylic acids is 1. The van der Waals surface area contributed by atoms with Crippen LogP contribution in [-0.2, 0) is 14.8 Å². The fourth-order valence-corrected chi connectivity index (χ4v) is 3.81. The third kappa shape index (κ3) is 4.92. The quantitative estimate of drug-likeness (QED) is 0.740. The van der Waals surface area contributed by atoms with E-state index in [1.54, 1.807) is 17.0 Å². The standard InChI is InChI=1S/C16H24N4O5S/c1-18(2)14-5-4-12(10-17-14)16(23)20(11-15(21)22)13-6-8-19(9-7-13)26(3,24)25/h4-5,10,13H,6-9,11H2,1-3H3,(H,21,22). The lowest BCUT2D eigenvalue weighted by Crippen LogP contribution is -2.50. The molecule has 0 unspecified atom stereocenters. The molecule has 2 heterocycles. The normalized spacial score (nSPS) is 16.3. The average molecular weight is 384 g/mol. The largest absolute Gasteiger partial charge is 0.480 e. The van der Waals surface area contributed by atoms with Gasteiger partial charge in [0.05, 0.1) is 11.8 Å². The summed E-state index contributed by atoms with van der Waals surface area (Å²) in [5.74, 6) is -0.836. The second-order valence-corrected chi connectivity index (χ2v) is 8.50. The van der Waals surface area contributed by atoms with Gasteiger partial charge in [-0.1, -0.05) is 0 Å². The molecule has 1 aliphatic rings. The van der Waals surface area contributed by atoms with Crippen molar-refractivity contribution in [3.63, 3.8) is 0 Å². The Morgan fingerprint density at radius 2 is 1.88 bits per heavy atom. The van der Waals surface area contributed by atoms with E-state index in [2.05, 4.69) is 4.98 Å². The SMILES string of the molecule is CN(C)c1ccc(C(=O)N(CC(=O)O)C2CCN(S(C)(=O)=O)CC2)cn1. The summed E-state index contributed by atoms with van der Waals surface area (Å²) in [5, 5.41) is 9.19. The molecule has 0 radical (unpaired) electrons. The number of piperidine rings is 1. The highest BCUT2D eigenvalue weighted by Gasteiger charge is 2.32. The van der Waals surface area contributed by atoms with Crippen LogP contribution in [0.25, 0.3) is 0 Å². The molecular formula is C16H24N4O5S. The highest BCUT2D eigenvalue weighted by molar-refractivity contribution is 7.88. The van der Waals surface area contributed by atoms with Crippen LogP contribution in [0, 0.1) is 0 Å². The number of carbonyl (C=O) groups is 2. The zero-order chi connectivity index (χ0) is 19.5. The fourth-order valence-electron chi connectivity index (χ4n) is 2.94. The third-order valence-electron chi connectivity index (χ3n) is 4.35. The molecule has 10 heteroatoms. The number of hydrogen-bond acceptors (Lipinski definition) is 6. The molecule has 1 amide bonds. The molecule has 1 saturated heterocycles. The first-order valence-corrected chi connectivity index (χ1v) is 10.1. The van der Waals surface area contributed by atoms with Crippen molar-refractivity contribution < 1.29 is 23.1 Å². The van der Waals surface area contributed by atoms with Gasteiger partial charge in [0.2, 0.25) is 10.0 Å². The highest BCUT2D eigenvalue weighted by atomic mass is 32.2. The van der Waals surface area contributed by atoms with Gasteiger partial charge in [0.25, 0.3) is 5.91 Å². The molecule has 9 nitrogen and oxygen atoms in total. The van der Waals surface area contributed by atoms with Crippen molar-refractivity contribution in [2.75, 3.05) is 44.9 Å². The number of amides is 1. The summed E-state index contributed by atoms with van der Waals surface area (Å²) in [7, 11) is 0.374. The molecule has 1 fully saturated rings. The van der Waals surface area contributed by atoms with Crippen LogP contribution in [0.2, 0.25) is 0 Å². The van der Waals surface area contributed by atoms with E-state index in [1.165, 1.54) is 15.4 Å². The van der Waals surface area contributed by atoms with E-state index in [4.69, 9.17) is 0 Å². The van der Waals surface area contributed by atoms with Gasteiger partial charge in [0.1, 0.15) is 12.4 Å². The molecule has 144 valence electrons. The number of rotatable bonds is 6. The third-order valence-corrected chi connectivity index (χ3v) is 5.66. The number of anilines is 1. The molecule has 0 atom stereocenters. The second kappa shape index (κ2) is 8.00. The monoisotopic (exact) mass is 384 g/mol. The average Bonchev–Trinajstić information content (AvgIpc) is 2.58. The lowest BCUT2D eigenvalue weighted by Gasteiger charge is -2.37. The van der Waals surface area contributed by atoms with E-state index in [0.29, 0.717) is 24.2 Å². The van der Waals surface area contributed by atoms with Crippen LogP contribution in [0.3, 0.4) is 0 Å². The number of aliphatic carboxylic acids is 1. The summed E-state index contributed by atoms with van der Waals surface area (Å²) in [5.41, 5.74) is 0.308. The minimum absolute atomic E-state index is 0.269. The molecule has 1 aliphatic heterocycles. The van der Waals surface area contributed by atoms with Crippen LogP contribution in [0.1, 0.15) is 23.2 Å². The van der Waals surface area contributed by atoms with Crippen LogP contribution < -0.4 is 4.90 Å². The topological polar surface area (TPSA) is 111 Å². The van der Waals surface area contributed by atoms with Crippen LogP contribution in [0.5, 0.6) is 0 Å². The zero-order valence-corrected chi connectivity index (χ0v) is 15.9. The summed E-state index contributed by atoms with van der Waals surface area (Å²) >= 11 is 0. The van der Waals surface area contributed by atoms with Crippen molar-refractivity contribution in [2.45, 2.75) is 18.9 Å². The van der Waals surface area contributed by atoms with Crippen molar-refractivity contribution in [3.8, 4) is 0 Å². The Hall–Kier alpha value is -2.20. The minimum atomic E-state index is -3.28. The van der Waals surface area contributed by atoms with E-state index in [1.807, 2.05) is 14.1 Å². The van der Waals surface area contributed by atoms with Crippen molar-refractivity contribution in [1.82, 2.24) is 14.2 Å². The highest BCUT2D eigenvalue weighted by Crippen LogP contribution is 2.21. The lowest BCUT2D eigenvalue weighted by atomic mass is 10.0. The number of carbonyl (C=O) groups excluding carboxylic acids is 1. The molecule has 0 aromatic carbocycles. The van der Waals surface area contributed by atoms with Gasteiger partial charge in [0.15, 0.2) is 0 Å². The first-order chi connectivity index (χ1) is 12.1. The maximum absolute atomic E-state index is 12.8. The summed E-state index contributed by atoms with van der Waals surface area (Å²) in [6.07, 6.45) is 3.37. The summed E-state index contributed by atoms with van der Waals surface area (Å²) < 4.78 is 24.6. The lowest BCUT2D eigenvalue weighted by molar-refractivity contribution is -0.138. The second-order valence-electron chi connectivity index (χ2n) is 6.52. The summed E-state index contributed by atoms with van der Waals surface area (Å²) in [4.78, 5) is 31.3. The Bertz CT molecular complexity index is 755. The van der Waals surface area contributed by atoms with E-state index in [9.17, 15) is 23.1 Å². The molecule has 0 spiro atoms. The molecule has 0 bridgehead atoms. The molecule has 1 N–H and O–H groups in total. The Morgan fingerprint density at radius 1 is 1.27 bits per heavy atom. The van der Waals surface area contributed by atoms with Gasteiger partial charge in [-0.25, -0.2) is 17.7 Å². The number of sulfonamides is 1. The molecule has 2 rings (SSSR count). The van der Waals surface area contributed by atoms with Gasteiger partial charge in [-0.3, -0.25) is 9.59 Å². The maximum Gasteiger partial charge on any atom is 0.323 e. The predicted octanol–water partition coefficient (Wildman–Crippen LogP) is 0.0984. The Morgan fingerprint density at radius 3 is 2.31 bits per heavy atom. The molecule has 1 aromatic rings.